The van der Waals surface area contributed by atoms with Crippen LogP contribution in [0.2, 0.25) is 0 Å². The minimum atomic E-state index is -3.99. The Morgan fingerprint density at radius 2 is 1.38 bits per heavy atom. The lowest BCUT2D eigenvalue weighted by Gasteiger charge is -2.00. The highest BCUT2D eigenvalue weighted by molar-refractivity contribution is 5.75. The van der Waals surface area contributed by atoms with Crippen LogP contribution in [-0.2, 0) is 9.59 Å². The topological polar surface area (TPSA) is 110 Å². The quantitative estimate of drug-likeness (QED) is 0.247. The van der Waals surface area contributed by atoms with E-state index in [1.165, 1.54) is 10.9 Å². The molecule has 0 fully saturated rings. The van der Waals surface area contributed by atoms with Gasteiger partial charge < -0.3 is 0 Å². The normalized spacial score (nSPS) is 26.3. The van der Waals surface area contributed by atoms with Crippen LogP contribution >= 0.6 is 0 Å². The summed E-state index contributed by atoms with van der Waals surface area (Å²) in [5.74, 6) is 5.77. The van der Waals surface area contributed by atoms with E-state index in [0.717, 1.165) is 0 Å². The SMILES string of the molecule is [2H]C([2H])(C(=O)NN)C([2H])([2H])C([2H])([2H])C([2H])([2H])C([2H])([2H])C(=O)NN. The predicted octanol–water partition coefficient (Wildman–Crippen LogP) is -1.08. The Balaban J connectivity index is 6.24. The molecule has 0 atom stereocenters. The van der Waals surface area contributed by atoms with E-state index >= 15 is 0 Å². The Hall–Kier alpha value is -1.14. The first-order valence-electron chi connectivity index (χ1n) is 7.99. The van der Waals surface area contributed by atoms with Crippen molar-refractivity contribution in [2.45, 2.75) is 31.9 Å². The average molecular weight is 198 g/mol. The lowest BCUT2D eigenvalue weighted by atomic mass is 10.1. The molecule has 0 rings (SSSR count). The molecule has 13 heavy (non-hydrogen) atoms. The summed E-state index contributed by atoms with van der Waals surface area (Å²) in [6.07, 6.45) is -19.2. The number of nitrogens with two attached hydrogens (primary N) is 2. The van der Waals surface area contributed by atoms with Gasteiger partial charge in [-0.2, -0.15) is 0 Å². The summed E-state index contributed by atoms with van der Waals surface area (Å²) < 4.78 is 74.8. The van der Waals surface area contributed by atoms with Crippen molar-refractivity contribution in [1.82, 2.24) is 10.9 Å². The molecule has 6 heteroatoms. The largest absolute Gasteiger partial charge is 0.294 e. The fraction of sp³-hybridized carbons (Fsp3) is 0.714. The summed E-state index contributed by atoms with van der Waals surface area (Å²) >= 11 is 0. The van der Waals surface area contributed by atoms with Crippen molar-refractivity contribution in [2.24, 2.45) is 11.7 Å². The van der Waals surface area contributed by atoms with Crippen molar-refractivity contribution in [1.29, 1.82) is 0 Å². The third-order valence-electron chi connectivity index (χ3n) is 0.739. The molecule has 0 unspecified atom stereocenters. The van der Waals surface area contributed by atoms with E-state index in [1.54, 1.807) is 0 Å². The van der Waals surface area contributed by atoms with E-state index in [4.69, 9.17) is 13.7 Å². The van der Waals surface area contributed by atoms with Gasteiger partial charge in [-0.05, 0) is 12.7 Å². The number of hydrogen-bond donors (Lipinski definition) is 4. The molecule has 0 aromatic rings. The Morgan fingerprint density at radius 1 is 1.00 bits per heavy atom. The average Bonchev–Trinajstić information content (AvgIpc) is 2.44. The highest BCUT2D eigenvalue weighted by Gasteiger charge is 2.00. The zero-order valence-electron chi connectivity index (χ0n) is 16.5. The van der Waals surface area contributed by atoms with Crippen LogP contribution in [0.1, 0.15) is 45.6 Å². The van der Waals surface area contributed by atoms with Crippen molar-refractivity contribution < 1.29 is 23.3 Å². The van der Waals surface area contributed by atoms with Gasteiger partial charge in [0.2, 0.25) is 11.8 Å². The number of carbonyl (C=O) groups is 2. The van der Waals surface area contributed by atoms with Gasteiger partial charge in [0, 0.05) is 26.5 Å². The van der Waals surface area contributed by atoms with Crippen LogP contribution in [-0.4, -0.2) is 11.8 Å². The Kier molecular flexibility index (Phi) is 1.86. The van der Waals surface area contributed by atoms with E-state index in [1.807, 2.05) is 0 Å². The summed E-state index contributed by atoms with van der Waals surface area (Å²) in [7, 11) is 0. The molecular formula is C7H16N4O2. The lowest BCUT2D eigenvalue weighted by Crippen LogP contribution is -2.30. The molecule has 0 bridgehead atoms. The number of hydrogen-bond acceptors (Lipinski definition) is 4. The second-order valence-electron chi connectivity index (χ2n) is 1.57. The van der Waals surface area contributed by atoms with Crippen LogP contribution in [0.4, 0.5) is 0 Å². The van der Waals surface area contributed by atoms with E-state index in [0.29, 0.717) is 0 Å². The Morgan fingerprint density at radius 3 is 1.69 bits per heavy atom. The van der Waals surface area contributed by atoms with Crippen LogP contribution < -0.4 is 22.5 Å². The van der Waals surface area contributed by atoms with Gasteiger partial charge in [-0.3, -0.25) is 20.4 Å². The number of rotatable bonds is 6. The minimum absolute atomic E-state index is 1.27. The molecule has 2 amide bonds. The fourth-order valence-corrected chi connectivity index (χ4v) is 0.279. The highest BCUT2D eigenvalue weighted by atomic mass is 16.2. The lowest BCUT2D eigenvalue weighted by molar-refractivity contribution is -0.121. The number of nitrogens with one attached hydrogen (secondary N) is 2. The molecule has 0 saturated carbocycles. The van der Waals surface area contributed by atoms with E-state index < -0.39 is 43.7 Å². The van der Waals surface area contributed by atoms with Crippen molar-refractivity contribution in [2.75, 3.05) is 0 Å². The van der Waals surface area contributed by atoms with Crippen LogP contribution in [0, 0.1) is 0 Å². The molecule has 0 radical (unpaired) electrons. The first-order valence-corrected chi connectivity index (χ1v) is 2.99. The predicted molar refractivity (Wildman–Crippen MR) is 47.7 cm³/mol. The molecule has 6 N–H and O–H groups in total. The highest BCUT2D eigenvalue weighted by Crippen LogP contribution is 2.02. The van der Waals surface area contributed by atoms with Gasteiger partial charge >= 0.3 is 0 Å². The second-order valence-corrected chi connectivity index (χ2v) is 1.57. The maximum absolute atomic E-state index is 11.4. The van der Waals surface area contributed by atoms with Gasteiger partial charge in [0.05, 0.1) is 0 Å². The summed E-state index contributed by atoms with van der Waals surface area (Å²) in [6, 6.07) is 0. The van der Waals surface area contributed by atoms with E-state index in [-0.39, 0.29) is 0 Å². The van der Waals surface area contributed by atoms with Crippen LogP contribution in [0.3, 0.4) is 0 Å². The molecule has 0 saturated heterocycles. The molecule has 0 aliphatic heterocycles. The molecule has 0 aromatic heterocycles. The summed E-state index contributed by atoms with van der Waals surface area (Å²) in [6.45, 7) is 0. The zero-order chi connectivity index (χ0) is 19.1. The van der Waals surface area contributed by atoms with Crippen LogP contribution in [0.15, 0.2) is 0 Å². The molecule has 76 valence electrons. The van der Waals surface area contributed by atoms with E-state index in [2.05, 4.69) is 11.7 Å². The number of carbonyl (C=O) groups excluding carboxylic acids is 2. The smallest absolute Gasteiger partial charge is 0.233 e. The third kappa shape index (κ3) is 7.23. The maximum Gasteiger partial charge on any atom is 0.233 e. The van der Waals surface area contributed by atoms with Gasteiger partial charge in [-0.25, -0.2) is 11.7 Å². The monoisotopic (exact) mass is 198 g/mol. The number of amides is 2. The third-order valence-corrected chi connectivity index (χ3v) is 0.739. The summed E-state index contributed by atoms with van der Waals surface area (Å²) in [4.78, 5) is 22.7. The molecular weight excluding hydrogens is 172 g/mol. The van der Waals surface area contributed by atoms with Gasteiger partial charge in [0.25, 0.3) is 0 Å². The molecule has 0 aliphatic rings. The van der Waals surface area contributed by atoms with Crippen LogP contribution in [0.25, 0.3) is 0 Å². The van der Waals surface area contributed by atoms with Gasteiger partial charge in [0.1, 0.15) is 0 Å². The first kappa shape index (κ1) is 3.21. The fourth-order valence-electron chi connectivity index (χ4n) is 0.279. The molecule has 0 aliphatic carbocycles. The first-order chi connectivity index (χ1) is 9.96. The Labute approximate surface area is 91.0 Å². The Bertz CT molecular complexity index is 452. The maximum atomic E-state index is 11.4. The number of hydrazine groups is 2. The molecule has 0 spiro atoms. The molecule has 0 heterocycles. The van der Waals surface area contributed by atoms with Crippen molar-refractivity contribution in [3.63, 3.8) is 0 Å². The summed E-state index contributed by atoms with van der Waals surface area (Å²) in [5, 5.41) is 0. The molecule has 0 aromatic carbocycles. The van der Waals surface area contributed by atoms with Gasteiger partial charge in [-0.15, -0.1) is 0 Å². The van der Waals surface area contributed by atoms with E-state index in [9.17, 15) is 9.59 Å². The zero-order valence-corrected chi connectivity index (χ0v) is 6.47. The minimum Gasteiger partial charge on any atom is -0.294 e. The van der Waals surface area contributed by atoms with Gasteiger partial charge in [-0.1, -0.05) is 6.37 Å². The van der Waals surface area contributed by atoms with Gasteiger partial charge in [0.15, 0.2) is 0 Å². The van der Waals surface area contributed by atoms with Crippen molar-refractivity contribution in [3.05, 3.63) is 0 Å². The second kappa shape index (κ2) is 7.51. The standard InChI is InChI=1S/C7H16N4O2/c8-10-6(12)4-2-1-3-5-7(13)11-9/h1-5,8-9H2,(H,10,12)(H,11,13)/i1D2,2D2,3D2,4D2,5D2. The van der Waals surface area contributed by atoms with Crippen molar-refractivity contribution in [3.8, 4) is 0 Å². The summed E-state index contributed by atoms with van der Waals surface area (Å²) in [5.41, 5.74) is 2.54. The van der Waals surface area contributed by atoms with Crippen molar-refractivity contribution >= 4 is 11.8 Å². The van der Waals surface area contributed by atoms with Crippen LogP contribution in [0.5, 0.6) is 0 Å². The molecule has 6 nitrogen and oxygen atoms in total.